The molecule has 2 heterocycles. The summed E-state index contributed by atoms with van der Waals surface area (Å²) in [5.41, 5.74) is 2.55. The molecule has 0 aliphatic rings. The van der Waals surface area contributed by atoms with Gasteiger partial charge in [-0.05, 0) is 6.92 Å². The van der Waals surface area contributed by atoms with E-state index < -0.39 is 11.5 Å². The van der Waals surface area contributed by atoms with Crippen molar-refractivity contribution >= 4 is 11.6 Å². The zero-order valence-electron chi connectivity index (χ0n) is 11.6. The first kappa shape index (κ1) is 13.1. The summed E-state index contributed by atoms with van der Waals surface area (Å²) in [7, 11) is 1.60. The fraction of sp³-hybridized carbons (Fsp3) is 0.133. The van der Waals surface area contributed by atoms with Gasteiger partial charge in [0, 0.05) is 24.7 Å². The molecule has 0 saturated carbocycles. The third kappa shape index (κ3) is 2.10. The molecule has 21 heavy (non-hydrogen) atoms. The number of aromatic carboxylic acids is 1. The molecule has 6 nitrogen and oxygen atoms in total. The Hall–Kier alpha value is -2.89. The number of aryl methyl sites for hydroxylation is 2. The molecule has 0 saturated heterocycles. The molecule has 1 N–H and O–H groups in total. The van der Waals surface area contributed by atoms with Crippen molar-refractivity contribution in [1.82, 2.24) is 14.2 Å². The van der Waals surface area contributed by atoms with E-state index in [4.69, 9.17) is 5.11 Å². The Labute approximate surface area is 119 Å². The predicted molar refractivity (Wildman–Crippen MR) is 77.6 cm³/mol. The first-order valence-electron chi connectivity index (χ1n) is 6.37. The first-order chi connectivity index (χ1) is 9.97. The van der Waals surface area contributed by atoms with Gasteiger partial charge in [0.25, 0.3) is 5.56 Å². The average molecular weight is 283 g/mol. The third-order valence-electron chi connectivity index (χ3n) is 3.43. The highest BCUT2D eigenvalue weighted by Gasteiger charge is 2.14. The van der Waals surface area contributed by atoms with Crippen molar-refractivity contribution in [1.29, 1.82) is 0 Å². The van der Waals surface area contributed by atoms with E-state index in [-0.39, 0.29) is 5.69 Å². The number of carbonyl (C=O) groups is 1. The lowest BCUT2D eigenvalue weighted by Crippen LogP contribution is -2.21. The van der Waals surface area contributed by atoms with E-state index in [1.54, 1.807) is 13.1 Å². The van der Waals surface area contributed by atoms with Crippen molar-refractivity contribution in [3.05, 3.63) is 58.0 Å². The van der Waals surface area contributed by atoms with E-state index in [2.05, 4.69) is 5.10 Å². The molecular weight excluding hydrogens is 270 g/mol. The van der Waals surface area contributed by atoms with Crippen molar-refractivity contribution in [2.45, 2.75) is 6.92 Å². The van der Waals surface area contributed by atoms with Gasteiger partial charge in [0.05, 0.1) is 5.69 Å². The number of aromatic nitrogens is 3. The van der Waals surface area contributed by atoms with Crippen molar-refractivity contribution in [2.24, 2.45) is 7.05 Å². The Morgan fingerprint density at radius 2 is 1.86 bits per heavy atom. The lowest BCUT2D eigenvalue weighted by atomic mass is 10.1. The van der Waals surface area contributed by atoms with Gasteiger partial charge in [0.15, 0.2) is 0 Å². The van der Waals surface area contributed by atoms with Gasteiger partial charge >= 0.3 is 5.97 Å². The fourth-order valence-corrected chi connectivity index (χ4v) is 2.24. The Bertz CT molecular complexity index is 904. The van der Waals surface area contributed by atoms with Crippen LogP contribution < -0.4 is 5.56 Å². The highest BCUT2D eigenvalue weighted by Crippen LogP contribution is 2.19. The van der Waals surface area contributed by atoms with E-state index in [9.17, 15) is 9.59 Å². The Morgan fingerprint density at radius 3 is 2.48 bits per heavy atom. The highest BCUT2D eigenvalue weighted by atomic mass is 16.4. The maximum absolute atomic E-state index is 12.0. The molecule has 106 valence electrons. The number of fused-ring (bicyclic) bond motifs is 1. The second-order valence-electron chi connectivity index (χ2n) is 4.90. The molecule has 0 fully saturated rings. The van der Waals surface area contributed by atoms with Crippen molar-refractivity contribution < 1.29 is 9.90 Å². The van der Waals surface area contributed by atoms with Crippen molar-refractivity contribution in [3.63, 3.8) is 0 Å². The molecule has 0 atom stereocenters. The third-order valence-corrected chi connectivity index (χ3v) is 3.43. The molecule has 3 aromatic rings. The van der Waals surface area contributed by atoms with Crippen LogP contribution in [0.5, 0.6) is 0 Å². The summed E-state index contributed by atoms with van der Waals surface area (Å²) in [6, 6.07) is 10.5. The number of hydrogen-bond acceptors (Lipinski definition) is 3. The molecule has 0 spiro atoms. The predicted octanol–water partition coefficient (Wildman–Crippen LogP) is 1.71. The molecule has 3 rings (SSSR count). The number of rotatable bonds is 2. The summed E-state index contributed by atoms with van der Waals surface area (Å²) >= 11 is 0. The summed E-state index contributed by atoms with van der Waals surface area (Å²) in [6.45, 7) is 1.99. The standard InChI is InChI=1S/C15H13N3O3/c1-9-3-5-10(6-4-9)11-7-13-17(2)12(15(20)21)8-14(19)18(13)16-11/h3-8H,1-2H3,(H,20,21). The van der Waals surface area contributed by atoms with Crippen LogP contribution in [-0.2, 0) is 7.05 Å². The van der Waals surface area contributed by atoms with Crippen LogP contribution in [0.3, 0.4) is 0 Å². The zero-order chi connectivity index (χ0) is 15.1. The van der Waals surface area contributed by atoms with Gasteiger partial charge < -0.3 is 9.67 Å². The van der Waals surface area contributed by atoms with Crippen LogP contribution in [0.15, 0.2) is 41.2 Å². The van der Waals surface area contributed by atoms with E-state index in [0.717, 1.165) is 17.2 Å². The minimum absolute atomic E-state index is 0.0668. The summed E-state index contributed by atoms with van der Waals surface area (Å²) in [5.74, 6) is -1.14. The van der Waals surface area contributed by atoms with Gasteiger partial charge in [0.2, 0.25) is 0 Å². The minimum Gasteiger partial charge on any atom is -0.477 e. The van der Waals surface area contributed by atoms with Crippen LogP contribution in [0.4, 0.5) is 0 Å². The second kappa shape index (κ2) is 4.59. The van der Waals surface area contributed by atoms with Crippen LogP contribution >= 0.6 is 0 Å². The minimum atomic E-state index is -1.14. The number of hydrogen-bond donors (Lipinski definition) is 1. The average Bonchev–Trinajstić information content (AvgIpc) is 2.89. The Kier molecular flexibility index (Phi) is 2.86. The van der Waals surface area contributed by atoms with Gasteiger partial charge in [-0.2, -0.15) is 9.61 Å². The van der Waals surface area contributed by atoms with Crippen LogP contribution in [0.1, 0.15) is 16.1 Å². The maximum Gasteiger partial charge on any atom is 0.352 e. The summed E-state index contributed by atoms with van der Waals surface area (Å²) in [6.07, 6.45) is 0. The molecule has 0 aliphatic carbocycles. The first-order valence-corrected chi connectivity index (χ1v) is 6.37. The number of benzene rings is 1. The molecule has 0 unspecified atom stereocenters. The fourth-order valence-electron chi connectivity index (χ4n) is 2.24. The van der Waals surface area contributed by atoms with Crippen LogP contribution in [-0.4, -0.2) is 25.3 Å². The lowest BCUT2D eigenvalue weighted by molar-refractivity contribution is 0.0685. The SMILES string of the molecule is Cc1ccc(-c2cc3n(C)c(C(=O)O)cc(=O)n3n2)cc1. The van der Waals surface area contributed by atoms with Crippen LogP contribution in [0, 0.1) is 6.92 Å². The molecule has 0 bridgehead atoms. The summed E-state index contributed by atoms with van der Waals surface area (Å²) in [5, 5.41) is 13.4. The highest BCUT2D eigenvalue weighted by molar-refractivity contribution is 5.86. The number of carboxylic acids is 1. The number of carboxylic acid groups (broad SMARTS) is 1. The molecule has 2 aromatic heterocycles. The lowest BCUT2D eigenvalue weighted by Gasteiger charge is -2.05. The molecule has 0 radical (unpaired) electrons. The normalized spacial score (nSPS) is 11.0. The maximum atomic E-state index is 12.0. The summed E-state index contributed by atoms with van der Waals surface area (Å²) in [4.78, 5) is 23.1. The van der Waals surface area contributed by atoms with E-state index >= 15 is 0 Å². The largest absolute Gasteiger partial charge is 0.477 e. The van der Waals surface area contributed by atoms with Gasteiger partial charge in [-0.25, -0.2) is 4.79 Å². The second-order valence-corrected chi connectivity index (χ2v) is 4.90. The molecule has 0 aliphatic heterocycles. The van der Waals surface area contributed by atoms with E-state index in [1.165, 1.54) is 9.08 Å². The van der Waals surface area contributed by atoms with E-state index in [1.807, 2.05) is 31.2 Å². The smallest absolute Gasteiger partial charge is 0.352 e. The molecule has 6 heteroatoms. The van der Waals surface area contributed by atoms with Crippen LogP contribution in [0.25, 0.3) is 16.9 Å². The monoisotopic (exact) mass is 283 g/mol. The Balaban J connectivity index is 2.27. The van der Waals surface area contributed by atoms with Gasteiger partial charge in [-0.3, -0.25) is 4.79 Å². The number of nitrogens with zero attached hydrogens (tertiary/aromatic N) is 3. The Morgan fingerprint density at radius 1 is 1.19 bits per heavy atom. The van der Waals surface area contributed by atoms with Crippen molar-refractivity contribution in [2.75, 3.05) is 0 Å². The molecular formula is C15H13N3O3. The zero-order valence-corrected chi connectivity index (χ0v) is 11.6. The quantitative estimate of drug-likeness (QED) is 0.776. The molecule has 0 amide bonds. The topological polar surface area (TPSA) is 76.6 Å². The van der Waals surface area contributed by atoms with Gasteiger partial charge in [0.1, 0.15) is 11.3 Å². The molecule has 1 aromatic carbocycles. The van der Waals surface area contributed by atoms with Gasteiger partial charge in [-0.1, -0.05) is 29.8 Å². The van der Waals surface area contributed by atoms with E-state index in [0.29, 0.717) is 11.3 Å². The van der Waals surface area contributed by atoms with Crippen LogP contribution in [0.2, 0.25) is 0 Å². The van der Waals surface area contributed by atoms with Gasteiger partial charge in [-0.15, -0.1) is 0 Å². The summed E-state index contributed by atoms with van der Waals surface area (Å²) < 4.78 is 2.65. The van der Waals surface area contributed by atoms with Crippen molar-refractivity contribution in [3.8, 4) is 11.3 Å².